The highest BCUT2D eigenvalue weighted by molar-refractivity contribution is 5.78. The van der Waals surface area contributed by atoms with Gasteiger partial charge in [-0.2, -0.15) is 0 Å². The maximum absolute atomic E-state index is 11.7. The summed E-state index contributed by atoms with van der Waals surface area (Å²) in [6.07, 6.45) is 3.34. The van der Waals surface area contributed by atoms with Gasteiger partial charge in [0.2, 0.25) is 5.91 Å². The van der Waals surface area contributed by atoms with Crippen molar-refractivity contribution in [2.45, 2.75) is 45.6 Å². The number of amides is 1. The number of aliphatic hydroxyl groups is 1. The first kappa shape index (κ1) is 15.3. The van der Waals surface area contributed by atoms with Gasteiger partial charge in [-0.1, -0.05) is 6.07 Å². The molecule has 120 valence electrons. The van der Waals surface area contributed by atoms with E-state index in [2.05, 4.69) is 30.9 Å². The fourth-order valence-electron chi connectivity index (χ4n) is 3.80. The van der Waals surface area contributed by atoms with Gasteiger partial charge < -0.3 is 14.9 Å². The van der Waals surface area contributed by atoms with Gasteiger partial charge in [0.05, 0.1) is 6.10 Å². The third kappa shape index (κ3) is 3.12. The lowest BCUT2D eigenvalue weighted by atomic mass is 9.95. The van der Waals surface area contributed by atoms with E-state index in [0.717, 1.165) is 32.4 Å². The molecule has 1 amide bonds. The summed E-state index contributed by atoms with van der Waals surface area (Å²) in [7, 11) is 0. The summed E-state index contributed by atoms with van der Waals surface area (Å²) in [5.41, 5.74) is 5.31. The lowest BCUT2D eigenvalue weighted by Gasteiger charge is -2.35. The number of β-amino-alcohol motifs (C(OH)–C–C–N with tert-alkyl or cyclic N) is 1. The fraction of sp³-hybridized carbons (Fsp3) is 0.611. The number of nitrogens with zero attached hydrogens (tertiary/aromatic N) is 2. The van der Waals surface area contributed by atoms with Crippen LogP contribution in [0.3, 0.4) is 0 Å². The number of rotatable bonds is 4. The quantitative estimate of drug-likeness (QED) is 0.925. The minimum atomic E-state index is -0.478. The highest BCUT2D eigenvalue weighted by Crippen LogP contribution is 2.31. The smallest absolute Gasteiger partial charge is 0.222 e. The van der Waals surface area contributed by atoms with E-state index in [9.17, 15) is 9.90 Å². The summed E-state index contributed by atoms with van der Waals surface area (Å²) >= 11 is 0. The molecule has 22 heavy (non-hydrogen) atoms. The predicted molar refractivity (Wildman–Crippen MR) is 88.3 cm³/mol. The van der Waals surface area contributed by atoms with E-state index in [0.29, 0.717) is 19.5 Å². The molecule has 0 aliphatic carbocycles. The Morgan fingerprint density at radius 3 is 2.50 bits per heavy atom. The Morgan fingerprint density at radius 1 is 1.09 bits per heavy atom. The fourth-order valence-corrected chi connectivity index (χ4v) is 3.80. The van der Waals surface area contributed by atoms with Crippen LogP contribution in [0.5, 0.6) is 0 Å². The molecule has 0 aromatic heterocycles. The van der Waals surface area contributed by atoms with Gasteiger partial charge in [-0.15, -0.1) is 0 Å². The van der Waals surface area contributed by atoms with Gasteiger partial charge in [-0.3, -0.25) is 4.79 Å². The summed E-state index contributed by atoms with van der Waals surface area (Å²) in [6, 6.07) is 4.47. The average Bonchev–Trinajstić information content (AvgIpc) is 2.85. The van der Waals surface area contributed by atoms with E-state index in [1.807, 2.05) is 0 Å². The van der Waals surface area contributed by atoms with Gasteiger partial charge in [-0.05, 0) is 55.9 Å². The molecule has 0 spiro atoms. The topological polar surface area (TPSA) is 43.8 Å². The first-order chi connectivity index (χ1) is 10.5. The van der Waals surface area contributed by atoms with Crippen molar-refractivity contribution >= 4 is 11.6 Å². The molecule has 1 saturated heterocycles. The van der Waals surface area contributed by atoms with Crippen molar-refractivity contribution in [1.82, 2.24) is 4.90 Å². The molecular weight excluding hydrogens is 276 g/mol. The summed E-state index contributed by atoms with van der Waals surface area (Å²) in [4.78, 5) is 15.8. The van der Waals surface area contributed by atoms with Crippen LogP contribution in [0.1, 0.15) is 36.0 Å². The minimum absolute atomic E-state index is 0.185. The molecule has 4 nitrogen and oxygen atoms in total. The van der Waals surface area contributed by atoms with Crippen LogP contribution in [-0.4, -0.2) is 48.2 Å². The highest BCUT2D eigenvalue weighted by atomic mass is 16.3. The van der Waals surface area contributed by atoms with Crippen molar-refractivity contribution in [2.24, 2.45) is 0 Å². The molecule has 4 heteroatoms. The SMILES string of the molecule is Cc1cc(C)c2c(c1)N(CC(O)CN1CCCC1=O)CCC2. The van der Waals surface area contributed by atoms with E-state index >= 15 is 0 Å². The molecule has 0 bridgehead atoms. The van der Waals surface area contributed by atoms with E-state index in [1.165, 1.54) is 22.4 Å². The van der Waals surface area contributed by atoms with Gasteiger partial charge in [0.1, 0.15) is 0 Å². The van der Waals surface area contributed by atoms with Crippen molar-refractivity contribution < 1.29 is 9.90 Å². The molecule has 1 fully saturated rings. The maximum Gasteiger partial charge on any atom is 0.222 e. The van der Waals surface area contributed by atoms with Gasteiger partial charge in [0.25, 0.3) is 0 Å². The number of carbonyl (C=O) groups is 1. The molecule has 0 saturated carbocycles. The number of likely N-dealkylation sites (tertiary alicyclic amines) is 1. The zero-order chi connectivity index (χ0) is 15.7. The van der Waals surface area contributed by atoms with E-state index < -0.39 is 6.10 Å². The Balaban J connectivity index is 1.70. The number of hydrogen-bond donors (Lipinski definition) is 1. The zero-order valence-electron chi connectivity index (χ0n) is 13.6. The van der Waals surface area contributed by atoms with Crippen molar-refractivity contribution in [3.63, 3.8) is 0 Å². The largest absolute Gasteiger partial charge is 0.389 e. The average molecular weight is 302 g/mol. The van der Waals surface area contributed by atoms with Gasteiger partial charge in [0, 0.05) is 38.3 Å². The molecule has 0 radical (unpaired) electrons. The van der Waals surface area contributed by atoms with Crippen LogP contribution in [0.15, 0.2) is 12.1 Å². The van der Waals surface area contributed by atoms with Crippen LogP contribution in [-0.2, 0) is 11.2 Å². The molecule has 1 unspecified atom stereocenters. The Labute approximate surface area is 132 Å². The number of carbonyl (C=O) groups excluding carboxylic acids is 1. The summed E-state index contributed by atoms with van der Waals surface area (Å²) < 4.78 is 0. The third-order valence-electron chi connectivity index (χ3n) is 4.82. The maximum atomic E-state index is 11.7. The lowest BCUT2D eigenvalue weighted by Crippen LogP contribution is -2.42. The van der Waals surface area contributed by atoms with E-state index in [1.54, 1.807) is 4.90 Å². The second kappa shape index (κ2) is 6.29. The van der Waals surface area contributed by atoms with E-state index in [4.69, 9.17) is 0 Å². The summed E-state index contributed by atoms with van der Waals surface area (Å²) in [5, 5.41) is 10.4. The second-order valence-corrected chi connectivity index (χ2v) is 6.73. The number of hydrogen-bond acceptors (Lipinski definition) is 3. The molecule has 1 atom stereocenters. The molecule has 1 N–H and O–H groups in total. The minimum Gasteiger partial charge on any atom is -0.389 e. The Morgan fingerprint density at radius 2 is 1.77 bits per heavy atom. The molecule has 3 rings (SSSR count). The van der Waals surface area contributed by atoms with E-state index in [-0.39, 0.29) is 5.91 Å². The Bertz CT molecular complexity index is 570. The molecule has 2 aliphatic heterocycles. The standard InChI is InChI=1S/C18H26N2O2/c1-13-9-14(2)16-5-3-7-19(17(16)10-13)11-15(21)12-20-8-4-6-18(20)22/h9-10,15,21H,3-8,11-12H2,1-2H3. The molecular formula is C18H26N2O2. The normalized spacial score (nSPS) is 19.5. The van der Waals surface area contributed by atoms with Crippen LogP contribution in [0.2, 0.25) is 0 Å². The second-order valence-electron chi connectivity index (χ2n) is 6.73. The number of fused-ring (bicyclic) bond motifs is 1. The summed E-state index contributed by atoms with van der Waals surface area (Å²) in [6.45, 7) is 7.16. The van der Waals surface area contributed by atoms with Crippen LogP contribution >= 0.6 is 0 Å². The van der Waals surface area contributed by atoms with Crippen molar-refractivity contribution in [2.75, 3.05) is 31.1 Å². The van der Waals surface area contributed by atoms with Crippen LogP contribution in [0.25, 0.3) is 0 Å². The number of anilines is 1. The van der Waals surface area contributed by atoms with Crippen molar-refractivity contribution in [1.29, 1.82) is 0 Å². The van der Waals surface area contributed by atoms with Crippen molar-refractivity contribution in [3.05, 3.63) is 28.8 Å². The van der Waals surface area contributed by atoms with Crippen LogP contribution in [0, 0.1) is 13.8 Å². The number of aryl methyl sites for hydroxylation is 2. The van der Waals surface area contributed by atoms with Gasteiger partial charge >= 0.3 is 0 Å². The highest BCUT2D eigenvalue weighted by Gasteiger charge is 2.25. The molecule has 2 heterocycles. The molecule has 2 aliphatic rings. The Hall–Kier alpha value is -1.55. The number of benzene rings is 1. The zero-order valence-corrected chi connectivity index (χ0v) is 13.6. The summed E-state index contributed by atoms with van der Waals surface area (Å²) in [5.74, 6) is 0.185. The molecule has 1 aromatic carbocycles. The van der Waals surface area contributed by atoms with Crippen LogP contribution in [0.4, 0.5) is 5.69 Å². The first-order valence-corrected chi connectivity index (χ1v) is 8.35. The lowest BCUT2D eigenvalue weighted by molar-refractivity contribution is -0.128. The van der Waals surface area contributed by atoms with Gasteiger partial charge in [-0.25, -0.2) is 0 Å². The predicted octanol–water partition coefficient (Wildman–Crippen LogP) is 2.04. The van der Waals surface area contributed by atoms with Crippen molar-refractivity contribution in [3.8, 4) is 0 Å². The Kier molecular flexibility index (Phi) is 4.39. The monoisotopic (exact) mass is 302 g/mol. The number of aliphatic hydroxyl groups excluding tert-OH is 1. The van der Waals surface area contributed by atoms with Crippen LogP contribution < -0.4 is 4.90 Å². The molecule has 1 aromatic rings. The third-order valence-corrected chi connectivity index (χ3v) is 4.82. The first-order valence-electron chi connectivity index (χ1n) is 8.35. The van der Waals surface area contributed by atoms with Gasteiger partial charge in [0.15, 0.2) is 0 Å².